The molecule has 1 amide bonds. The number of benzene rings is 1. The maximum Gasteiger partial charge on any atom is 0.251 e. The SMILES string of the molecule is CN(C)c1cc(CN2CCC3(CC2)OCCO3)c(O)c2c1CC1CC3C(C(O)=C1C2=O)C(C)(O)C(C(N)=O)=C(O)[C@H]3N(C)C. The lowest BCUT2D eigenvalue weighted by molar-refractivity contribution is -0.185. The standard InChI is InChI=1S/C32H44N4O8/c1-31(42)23-19(25(35(4)5)29(40)24(31)30(33)41)13-16-12-18-20(34(2)3)14-17(26(37)22(18)27(38)21(16)28(23)39)15-36-8-6-32(7-9-36)43-10-11-44-32/h14,16,19,23,25,37,39-40,42H,6-13,15H2,1-5H3,(H2,33,41)/t16?,19?,23?,25-,31?/m0/s1. The van der Waals surface area contributed by atoms with Crippen molar-refractivity contribution in [3.8, 4) is 5.75 Å². The van der Waals surface area contributed by atoms with E-state index in [0.717, 1.165) is 5.69 Å². The molecule has 2 heterocycles. The number of aromatic hydroxyl groups is 1. The van der Waals surface area contributed by atoms with Gasteiger partial charge in [-0.15, -0.1) is 0 Å². The number of amides is 1. The highest BCUT2D eigenvalue weighted by atomic mass is 16.7. The van der Waals surface area contributed by atoms with Crippen LogP contribution in [0.2, 0.25) is 0 Å². The molecule has 44 heavy (non-hydrogen) atoms. The van der Waals surface area contributed by atoms with Crippen LogP contribution in [-0.4, -0.2) is 114 Å². The number of ketones is 1. The monoisotopic (exact) mass is 612 g/mol. The lowest BCUT2D eigenvalue weighted by Crippen LogP contribution is -2.59. The fourth-order valence-electron chi connectivity index (χ4n) is 8.59. The Morgan fingerprint density at radius 3 is 2.30 bits per heavy atom. The highest BCUT2D eigenvalue weighted by molar-refractivity contribution is 6.14. The molecule has 240 valence electrons. The smallest absolute Gasteiger partial charge is 0.251 e. The number of likely N-dealkylation sites (tertiary alicyclic amines) is 1. The number of likely N-dealkylation sites (N-methyl/N-ethyl adjacent to an activating group) is 1. The minimum atomic E-state index is -2.02. The van der Waals surface area contributed by atoms with Crippen molar-refractivity contribution in [1.29, 1.82) is 0 Å². The summed E-state index contributed by atoms with van der Waals surface area (Å²) in [6, 6.07) is 1.23. The molecule has 12 heteroatoms. The first-order chi connectivity index (χ1) is 20.7. The van der Waals surface area contributed by atoms with Gasteiger partial charge in [-0.3, -0.25) is 19.4 Å². The quantitative estimate of drug-likeness (QED) is 0.327. The Hall–Kier alpha value is -3.16. The van der Waals surface area contributed by atoms with Crippen LogP contribution in [0.1, 0.15) is 47.7 Å². The number of ether oxygens (including phenoxy) is 2. The minimum Gasteiger partial charge on any atom is -0.511 e. The van der Waals surface area contributed by atoms with Crippen molar-refractivity contribution in [1.82, 2.24) is 9.80 Å². The molecule has 6 rings (SSSR count). The Morgan fingerprint density at radius 2 is 1.73 bits per heavy atom. The summed E-state index contributed by atoms with van der Waals surface area (Å²) in [4.78, 5) is 32.7. The minimum absolute atomic E-state index is 0.109. The molecular weight excluding hydrogens is 568 g/mol. The van der Waals surface area contributed by atoms with E-state index in [2.05, 4.69) is 4.90 Å². The predicted octanol–water partition coefficient (Wildman–Crippen LogP) is 1.59. The van der Waals surface area contributed by atoms with Crippen LogP contribution in [0.25, 0.3) is 0 Å². The number of aliphatic hydroxyl groups is 3. The van der Waals surface area contributed by atoms with Crippen LogP contribution in [0, 0.1) is 17.8 Å². The van der Waals surface area contributed by atoms with Gasteiger partial charge in [0, 0.05) is 63.4 Å². The van der Waals surface area contributed by atoms with Gasteiger partial charge in [0.2, 0.25) is 0 Å². The first-order valence-electron chi connectivity index (χ1n) is 15.3. The number of carbonyl (C=O) groups excluding carboxylic acids is 2. The number of hydrogen-bond donors (Lipinski definition) is 5. The topological polar surface area (TPSA) is 169 Å². The summed E-state index contributed by atoms with van der Waals surface area (Å²) in [5, 5.41) is 46.3. The Kier molecular flexibility index (Phi) is 7.52. The third kappa shape index (κ3) is 4.61. The van der Waals surface area contributed by atoms with Crippen LogP contribution in [0.3, 0.4) is 0 Å². The normalized spacial score (nSPS) is 31.8. The molecule has 5 atom stereocenters. The van der Waals surface area contributed by atoms with Crippen LogP contribution in [0.5, 0.6) is 5.75 Å². The number of rotatable bonds is 5. The van der Waals surface area contributed by atoms with Crippen molar-refractivity contribution < 1.29 is 39.5 Å². The Bertz CT molecular complexity index is 1450. The first-order valence-corrected chi connectivity index (χ1v) is 15.3. The number of anilines is 1. The molecule has 5 aliphatic rings. The number of piperidine rings is 1. The van der Waals surface area contributed by atoms with Crippen molar-refractivity contribution in [2.24, 2.45) is 23.5 Å². The Morgan fingerprint density at radius 1 is 1.09 bits per heavy atom. The number of hydrogen-bond acceptors (Lipinski definition) is 11. The summed E-state index contributed by atoms with van der Waals surface area (Å²) >= 11 is 0. The van der Waals surface area contributed by atoms with Crippen LogP contribution in [0.15, 0.2) is 28.7 Å². The number of nitrogens with zero attached hydrogens (tertiary/aromatic N) is 3. The number of nitrogens with two attached hydrogens (primary N) is 1. The molecule has 0 saturated carbocycles. The van der Waals surface area contributed by atoms with Gasteiger partial charge in [-0.2, -0.15) is 0 Å². The van der Waals surface area contributed by atoms with E-state index in [4.69, 9.17) is 15.2 Å². The number of aliphatic hydroxyl groups excluding tert-OH is 2. The molecule has 0 aromatic heterocycles. The van der Waals surface area contributed by atoms with Gasteiger partial charge in [-0.05, 0) is 57.3 Å². The van der Waals surface area contributed by atoms with E-state index in [1.165, 1.54) is 6.92 Å². The predicted molar refractivity (Wildman–Crippen MR) is 161 cm³/mol. The number of fused-ring (bicyclic) bond motifs is 3. The van der Waals surface area contributed by atoms with E-state index in [1.807, 2.05) is 25.1 Å². The zero-order valence-electron chi connectivity index (χ0n) is 26.1. The van der Waals surface area contributed by atoms with E-state index in [9.17, 15) is 30.0 Å². The lowest BCUT2D eigenvalue weighted by Gasteiger charge is -2.52. The van der Waals surface area contributed by atoms with Gasteiger partial charge in [0.1, 0.15) is 22.9 Å². The second kappa shape index (κ2) is 10.7. The van der Waals surface area contributed by atoms with Crippen LogP contribution < -0.4 is 10.6 Å². The van der Waals surface area contributed by atoms with Crippen LogP contribution >= 0.6 is 0 Å². The highest BCUT2D eigenvalue weighted by Gasteiger charge is 2.59. The van der Waals surface area contributed by atoms with Crippen molar-refractivity contribution in [2.45, 2.75) is 56.6 Å². The summed E-state index contributed by atoms with van der Waals surface area (Å²) in [5.74, 6) is -4.77. The fourth-order valence-corrected chi connectivity index (χ4v) is 8.59. The van der Waals surface area contributed by atoms with Gasteiger partial charge in [-0.25, -0.2) is 0 Å². The summed E-state index contributed by atoms with van der Waals surface area (Å²) in [6.07, 6.45) is 2.17. The lowest BCUT2D eigenvalue weighted by atomic mass is 9.57. The van der Waals surface area contributed by atoms with Gasteiger partial charge in [0.15, 0.2) is 11.6 Å². The maximum absolute atomic E-state index is 14.4. The molecule has 0 radical (unpaired) electrons. The first kappa shape index (κ1) is 30.8. The Balaban J connectivity index is 1.40. The number of phenolic OH excluding ortho intramolecular Hbond substituents is 1. The average molecular weight is 613 g/mol. The zero-order chi connectivity index (χ0) is 31.9. The summed E-state index contributed by atoms with van der Waals surface area (Å²) in [6.45, 7) is 4.38. The van der Waals surface area contributed by atoms with E-state index in [0.29, 0.717) is 69.7 Å². The van der Waals surface area contributed by atoms with Gasteiger partial charge >= 0.3 is 0 Å². The number of carbonyl (C=O) groups is 2. The third-order valence-corrected chi connectivity index (χ3v) is 10.5. The maximum atomic E-state index is 14.4. The molecule has 2 fully saturated rings. The van der Waals surface area contributed by atoms with E-state index in [1.54, 1.807) is 19.0 Å². The van der Waals surface area contributed by atoms with Gasteiger partial charge in [0.25, 0.3) is 5.91 Å². The Labute approximate surface area is 257 Å². The number of phenols is 1. The number of primary amides is 1. The molecule has 1 aromatic rings. The van der Waals surface area contributed by atoms with Crippen molar-refractivity contribution >= 4 is 17.4 Å². The fraction of sp³-hybridized carbons (Fsp3) is 0.625. The molecule has 2 saturated heterocycles. The van der Waals surface area contributed by atoms with E-state index >= 15 is 0 Å². The van der Waals surface area contributed by atoms with Gasteiger partial charge in [-0.1, -0.05) is 0 Å². The van der Waals surface area contributed by atoms with E-state index < -0.39 is 46.9 Å². The van der Waals surface area contributed by atoms with Crippen molar-refractivity contribution in [3.63, 3.8) is 0 Å². The van der Waals surface area contributed by atoms with E-state index in [-0.39, 0.29) is 34.0 Å². The molecule has 12 nitrogen and oxygen atoms in total. The third-order valence-electron chi connectivity index (χ3n) is 10.5. The average Bonchev–Trinajstić information content (AvgIpc) is 3.37. The molecule has 1 aromatic carbocycles. The molecule has 0 bridgehead atoms. The molecule has 2 aliphatic heterocycles. The zero-order valence-corrected chi connectivity index (χ0v) is 26.1. The summed E-state index contributed by atoms with van der Waals surface area (Å²) in [5.41, 5.74) is 5.65. The van der Waals surface area contributed by atoms with Gasteiger partial charge < -0.3 is 40.5 Å². The highest BCUT2D eigenvalue weighted by Crippen LogP contribution is 2.55. The largest absolute Gasteiger partial charge is 0.511 e. The van der Waals surface area contributed by atoms with Crippen molar-refractivity contribution in [2.75, 3.05) is 59.4 Å². The number of allylic oxidation sites excluding steroid dienone is 1. The molecule has 4 unspecified atom stereocenters. The molecule has 1 spiro atoms. The second-order valence-corrected chi connectivity index (χ2v) is 13.6. The number of Topliss-reactive ketones (excluding diaryl/α,β-unsaturated/α-hetero) is 1. The molecule has 6 N–H and O–H groups in total. The van der Waals surface area contributed by atoms with Crippen LogP contribution in [-0.2, 0) is 27.2 Å². The summed E-state index contributed by atoms with van der Waals surface area (Å²) in [7, 11) is 7.28. The van der Waals surface area contributed by atoms with Crippen LogP contribution in [0.4, 0.5) is 5.69 Å². The molecular formula is C32H44N4O8. The van der Waals surface area contributed by atoms with Gasteiger partial charge in [0.05, 0.1) is 36.3 Å². The summed E-state index contributed by atoms with van der Waals surface area (Å²) < 4.78 is 11.7. The second-order valence-electron chi connectivity index (χ2n) is 13.6. The molecule has 3 aliphatic carbocycles. The van der Waals surface area contributed by atoms with Crippen molar-refractivity contribution in [3.05, 3.63) is 45.4 Å².